The van der Waals surface area contributed by atoms with Gasteiger partial charge in [-0.2, -0.15) is 0 Å². The van der Waals surface area contributed by atoms with Crippen molar-refractivity contribution < 1.29 is 23.0 Å². The highest BCUT2D eigenvalue weighted by Crippen LogP contribution is 2.28. The fraction of sp³-hybridized carbons (Fsp3) is 0.143. The Kier molecular flexibility index (Phi) is 6.23. The van der Waals surface area contributed by atoms with Crippen LogP contribution in [0.15, 0.2) is 54.9 Å². The number of hydrogen-bond acceptors (Lipinski definition) is 5. The third-order valence-electron chi connectivity index (χ3n) is 4.15. The average Bonchev–Trinajstić information content (AvgIpc) is 2.74. The first-order chi connectivity index (χ1) is 14.0. The van der Waals surface area contributed by atoms with Crippen molar-refractivity contribution in [1.82, 2.24) is 4.98 Å². The minimum absolute atomic E-state index is 0.157. The highest BCUT2D eigenvalue weighted by Gasteiger charge is 2.14. The number of carbonyl (C=O) groups excluding carboxylic acids is 1. The number of nitrogens with zero attached hydrogens (tertiary/aromatic N) is 1. The summed E-state index contributed by atoms with van der Waals surface area (Å²) < 4.78 is 37.9. The van der Waals surface area contributed by atoms with Crippen LogP contribution in [0.3, 0.4) is 0 Å². The molecule has 0 spiro atoms. The van der Waals surface area contributed by atoms with Gasteiger partial charge < -0.3 is 20.1 Å². The normalized spacial score (nSPS) is 10.3. The molecule has 0 saturated carbocycles. The summed E-state index contributed by atoms with van der Waals surface area (Å²) in [7, 11) is 3.12. The number of rotatable bonds is 7. The lowest BCUT2D eigenvalue weighted by Crippen LogP contribution is -2.15. The van der Waals surface area contributed by atoms with Crippen LogP contribution in [0, 0.1) is 11.6 Å². The molecule has 0 atom stereocenters. The van der Waals surface area contributed by atoms with Gasteiger partial charge in [0.15, 0.2) is 11.5 Å². The lowest BCUT2D eigenvalue weighted by atomic mass is 10.2. The Labute approximate surface area is 166 Å². The average molecular weight is 399 g/mol. The molecule has 0 unspecified atom stereocenters. The summed E-state index contributed by atoms with van der Waals surface area (Å²) in [5.41, 5.74) is 1.15. The van der Waals surface area contributed by atoms with E-state index in [4.69, 9.17) is 9.47 Å². The Morgan fingerprint density at radius 3 is 2.41 bits per heavy atom. The van der Waals surface area contributed by atoms with E-state index in [1.807, 2.05) is 12.1 Å². The number of ether oxygens (including phenoxy) is 2. The Bertz CT molecular complexity index is 1010. The number of benzene rings is 2. The standard InChI is InChI=1S/C21H19F2N3O3/c1-28-18-7-6-13(8-19(18)29-2)10-25-15-9-14(11-24-12-15)21(27)26-20-16(22)4-3-5-17(20)23/h3-9,11-12,25H,10H2,1-2H3,(H,26,27). The Hall–Kier alpha value is -3.68. The van der Waals surface area contributed by atoms with Crippen LogP contribution in [-0.2, 0) is 6.54 Å². The van der Waals surface area contributed by atoms with Gasteiger partial charge in [0.1, 0.15) is 17.3 Å². The Balaban J connectivity index is 1.70. The quantitative estimate of drug-likeness (QED) is 0.622. The number of para-hydroxylation sites is 1. The molecular formula is C21H19F2N3O3. The van der Waals surface area contributed by atoms with Gasteiger partial charge in [-0.25, -0.2) is 8.78 Å². The number of anilines is 2. The van der Waals surface area contributed by atoms with Crippen LogP contribution in [0.1, 0.15) is 15.9 Å². The van der Waals surface area contributed by atoms with Gasteiger partial charge in [-0.3, -0.25) is 9.78 Å². The van der Waals surface area contributed by atoms with E-state index in [1.54, 1.807) is 32.5 Å². The van der Waals surface area contributed by atoms with E-state index in [9.17, 15) is 13.6 Å². The topological polar surface area (TPSA) is 72.5 Å². The zero-order valence-electron chi connectivity index (χ0n) is 15.8. The minimum atomic E-state index is -0.853. The molecule has 3 aromatic rings. The van der Waals surface area contributed by atoms with Crippen molar-refractivity contribution in [2.75, 3.05) is 24.9 Å². The lowest BCUT2D eigenvalue weighted by molar-refractivity contribution is 0.102. The number of hydrogen-bond donors (Lipinski definition) is 2. The molecule has 29 heavy (non-hydrogen) atoms. The van der Waals surface area contributed by atoms with E-state index in [-0.39, 0.29) is 5.56 Å². The van der Waals surface area contributed by atoms with Gasteiger partial charge in [-0.15, -0.1) is 0 Å². The molecule has 1 aromatic heterocycles. The zero-order chi connectivity index (χ0) is 20.8. The summed E-state index contributed by atoms with van der Waals surface area (Å²) in [6.07, 6.45) is 2.86. The van der Waals surface area contributed by atoms with Crippen LogP contribution in [0.4, 0.5) is 20.2 Å². The molecule has 2 aromatic carbocycles. The number of amides is 1. The minimum Gasteiger partial charge on any atom is -0.493 e. The second kappa shape index (κ2) is 9.01. The molecule has 150 valence electrons. The molecule has 8 heteroatoms. The third-order valence-corrected chi connectivity index (χ3v) is 4.15. The van der Waals surface area contributed by atoms with Gasteiger partial charge in [0.05, 0.1) is 25.5 Å². The van der Waals surface area contributed by atoms with Gasteiger partial charge in [0, 0.05) is 18.9 Å². The molecule has 1 heterocycles. The number of pyridine rings is 1. The second-order valence-electron chi connectivity index (χ2n) is 6.06. The summed E-state index contributed by atoms with van der Waals surface area (Å²) in [5.74, 6) is -1.15. The van der Waals surface area contributed by atoms with Crippen LogP contribution in [0.2, 0.25) is 0 Å². The van der Waals surface area contributed by atoms with Gasteiger partial charge in [-0.1, -0.05) is 12.1 Å². The Morgan fingerprint density at radius 1 is 1.00 bits per heavy atom. The van der Waals surface area contributed by atoms with Crippen molar-refractivity contribution in [1.29, 1.82) is 0 Å². The van der Waals surface area contributed by atoms with Crippen molar-refractivity contribution >= 4 is 17.3 Å². The fourth-order valence-corrected chi connectivity index (χ4v) is 2.66. The van der Waals surface area contributed by atoms with E-state index in [0.717, 1.165) is 17.7 Å². The molecule has 0 aliphatic carbocycles. The fourth-order valence-electron chi connectivity index (χ4n) is 2.66. The maximum atomic E-state index is 13.7. The van der Waals surface area contributed by atoms with E-state index < -0.39 is 23.2 Å². The van der Waals surface area contributed by atoms with Crippen LogP contribution in [-0.4, -0.2) is 25.1 Å². The highest BCUT2D eigenvalue weighted by molar-refractivity contribution is 6.04. The van der Waals surface area contributed by atoms with Crippen LogP contribution in [0.25, 0.3) is 0 Å². The molecule has 0 aliphatic heterocycles. The molecule has 0 saturated heterocycles. The molecule has 3 rings (SSSR count). The van der Waals surface area contributed by atoms with Crippen molar-refractivity contribution in [2.24, 2.45) is 0 Å². The maximum Gasteiger partial charge on any atom is 0.257 e. The van der Waals surface area contributed by atoms with E-state index in [1.165, 1.54) is 12.3 Å². The molecule has 2 N–H and O–H groups in total. The van der Waals surface area contributed by atoms with Crippen molar-refractivity contribution in [3.8, 4) is 11.5 Å². The van der Waals surface area contributed by atoms with Crippen LogP contribution < -0.4 is 20.1 Å². The first-order valence-electron chi connectivity index (χ1n) is 8.67. The van der Waals surface area contributed by atoms with Gasteiger partial charge in [0.25, 0.3) is 5.91 Å². The molecule has 0 aliphatic rings. The molecule has 0 fully saturated rings. The first-order valence-corrected chi connectivity index (χ1v) is 8.67. The number of halogens is 2. The maximum absolute atomic E-state index is 13.7. The highest BCUT2D eigenvalue weighted by atomic mass is 19.1. The summed E-state index contributed by atoms with van der Waals surface area (Å²) in [6.45, 7) is 0.440. The summed E-state index contributed by atoms with van der Waals surface area (Å²) >= 11 is 0. The van der Waals surface area contributed by atoms with Crippen LogP contribution in [0.5, 0.6) is 11.5 Å². The SMILES string of the molecule is COc1ccc(CNc2cncc(C(=O)Nc3c(F)cccc3F)c2)cc1OC. The van der Waals surface area contributed by atoms with Crippen molar-refractivity contribution in [2.45, 2.75) is 6.54 Å². The number of methoxy groups -OCH3 is 2. The Morgan fingerprint density at radius 2 is 1.72 bits per heavy atom. The number of nitrogens with one attached hydrogen (secondary N) is 2. The largest absolute Gasteiger partial charge is 0.493 e. The second-order valence-corrected chi connectivity index (χ2v) is 6.06. The van der Waals surface area contributed by atoms with E-state index in [2.05, 4.69) is 15.6 Å². The lowest BCUT2D eigenvalue weighted by Gasteiger charge is -2.12. The van der Waals surface area contributed by atoms with Gasteiger partial charge in [-0.05, 0) is 35.9 Å². The van der Waals surface area contributed by atoms with Crippen LogP contribution >= 0.6 is 0 Å². The summed E-state index contributed by atoms with van der Waals surface area (Å²) in [5, 5.41) is 5.38. The smallest absolute Gasteiger partial charge is 0.257 e. The third kappa shape index (κ3) is 4.78. The van der Waals surface area contributed by atoms with E-state index >= 15 is 0 Å². The number of aromatic nitrogens is 1. The summed E-state index contributed by atoms with van der Waals surface area (Å²) in [4.78, 5) is 16.4. The predicted molar refractivity (Wildman–Crippen MR) is 105 cm³/mol. The molecule has 0 radical (unpaired) electrons. The molecule has 6 nitrogen and oxygen atoms in total. The summed E-state index contributed by atoms with van der Waals surface area (Å²) in [6, 6.07) is 10.4. The molecule has 1 amide bonds. The van der Waals surface area contributed by atoms with Crippen molar-refractivity contribution in [3.63, 3.8) is 0 Å². The van der Waals surface area contributed by atoms with Gasteiger partial charge in [0.2, 0.25) is 0 Å². The molecule has 0 bridgehead atoms. The van der Waals surface area contributed by atoms with E-state index in [0.29, 0.717) is 23.7 Å². The predicted octanol–water partition coefficient (Wildman–Crippen LogP) is 4.24. The zero-order valence-corrected chi connectivity index (χ0v) is 15.8. The molecular weight excluding hydrogens is 380 g/mol. The van der Waals surface area contributed by atoms with Gasteiger partial charge >= 0.3 is 0 Å². The number of carbonyl (C=O) groups is 1. The first kappa shape index (κ1) is 20.1. The monoisotopic (exact) mass is 399 g/mol. The van der Waals surface area contributed by atoms with Crippen molar-refractivity contribution in [3.05, 3.63) is 77.6 Å².